The molecule has 0 unspecified atom stereocenters. The molecule has 32 heavy (non-hydrogen) atoms. The summed E-state index contributed by atoms with van der Waals surface area (Å²) in [6, 6.07) is 0. The van der Waals surface area contributed by atoms with Gasteiger partial charge in [-0.15, -0.1) is 0 Å². The molecule has 0 spiro atoms. The van der Waals surface area contributed by atoms with E-state index in [0.29, 0.717) is 0 Å². The van der Waals surface area contributed by atoms with Crippen LogP contribution in [0.2, 0.25) is 20.1 Å². The van der Waals surface area contributed by atoms with Crippen LogP contribution in [0.4, 0.5) is 46.5 Å². The van der Waals surface area contributed by atoms with Crippen molar-refractivity contribution >= 4 is 92.9 Å². The molecule has 0 amide bonds. The number of hydrogen-bond acceptors (Lipinski definition) is 12. The van der Waals surface area contributed by atoms with Gasteiger partial charge in [-0.25, -0.2) is 39.9 Å². The Morgan fingerprint density at radius 3 is 0.656 bits per heavy atom. The lowest BCUT2D eigenvalue weighted by atomic mass is 10.4. The maximum absolute atomic E-state index is 6.48. The van der Waals surface area contributed by atoms with Crippen molar-refractivity contribution in [1.82, 2.24) is 39.9 Å². The smallest absolute Gasteiger partial charge is 0.156 e. The van der Waals surface area contributed by atoms with Gasteiger partial charge in [-0.2, -0.15) is 0 Å². The first-order chi connectivity index (χ1) is 15.5. The van der Waals surface area contributed by atoms with Gasteiger partial charge in [0.25, 0.3) is 0 Å². The molecule has 0 saturated carbocycles. The minimum Gasteiger partial charge on any atom is -0.322 e. The zero-order chi connectivity index (χ0) is 22.2. The van der Waals surface area contributed by atoms with E-state index >= 15 is 0 Å². The van der Waals surface area contributed by atoms with Crippen molar-refractivity contribution < 1.29 is 0 Å². The second-order valence-corrected chi connectivity index (χ2v) is 7.55. The van der Waals surface area contributed by atoms with Crippen molar-refractivity contribution in [2.45, 2.75) is 0 Å². The van der Waals surface area contributed by atoms with Gasteiger partial charge in [0.2, 0.25) is 0 Å². The van der Waals surface area contributed by atoms with Crippen LogP contribution in [0, 0.1) is 0 Å². The van der Waals surface area contributed by atoms with Crippen LogP contribution < -0.4 is 21.3 Å². The molecule has 12 nitrogen and oxygen atoms in total. The van der Waals surface area contributed by atoms with Crippen LogP contribution in [0.25, 0.3) is 0 Å². The summed E-state index contributed by atoms with van der Waals surface area (Å²) in [4.78, 5) is 33.1. The highest BCUT2D eigenvalue weighted by atomic mass is 35.5. The summed E-state index contributed by atoms with van der Waals surface area (Å²) in [5.74, 6) is 1.84. The number of halogens is 4. The van der Waals surface area contributed by atoms with Crippen molar-refractivity contribution in [3.8, 4) is 0 Å². The predicted octanol–water partition coefficient (Wildman–Crippen LogP) is 4.75. The Hall–Kier alpha value is -3.32. The zero-order valence-corrected chi connectivity index (χ0v) is 18.4. The fraction of sp³-hybridized carbons (Fsp3) is 0. The number of anilines is 8. The molecule has 4 aromatic heterocycles. The largest absolute Gasteiger partial charge is 0.322 e. The summed E-state index contributed by atoms with van der Waals surface area (Å²) in [6.07, 6.45) is 5.17. The number of fused-ring (bicyclic) bond motifs is 8. The molecule has 4 N–H and O–H groups in total. The van der Waals surface area contributed by atoms with Gasteiger partial charge >= 0.3 is 0 Å². The Labute approximate surface area is 199 Å². The number of nitrogens with zero attached hydrogens (tertiary/aromatic N) is 8. The quantitative estimate of drug-likeness (QED) is 0.228. The Balaban J connectivity index is 1.71. The van der Waals surface area contributed by atoms with E-state index < -0.39 is 0 Å². The molecule has 0 radical (unpaired) electrons. The maximum atomic E-state index is 6.48. The van der Waals surface area contributed by atoms with Crippen LogP contribution in [0.5, 0.6) is 0 Å². The molecular weight excluding hydrogens is 502 g/mol. The van der Waals surface area contributed by atoms with E-state index in [1.807, 2.05) is 0 Å². The van der Waals surface area contributed by atoms with E-state index in [9.17, 15) is 0 Å². The van der Waals surface area contributed by atoms with E-state index in [-0.39, 0.29) is 66.6 Å². The minimum absolute atomic E-state index is 0.143. The molecule has 160 valence electrons. The average molecular weight is 510 g/mol. The van der Waals surface area contributed by atoms with Gasteiger partial charge in [0.15, 0.2) is 46.5 Å². The summed E-state index contributed by atoms with van der Waals surface area (Å²) >= 11 is 25.9. The molecule has 1 aliphatic rings. The normalized spacial score (nSPS) is 12.1. The first-order valence-electron chi connectivity index (χ1n) is 8.61. The van der Waals surface area contributed by atoms with E-state index in [1.54, 1.807) is 0 Å². The van der Waals surface area contributed by atoms with Crippen LogP contribution >= 0.6 is 46.4 Å². The molecule has 5 heterocycles. The molecule has 8 bridgehead atoms. The third-order valence-electron chi connectivity index (χ3n) is 4.11. The molecule has 0 saturated heterocycles. The van der Waals surface area contributed by atoms with Gasteiger partial charge in [0, 0.05) is 0 Å². The zero-order valence-electron chi connectivity index (χ0n) is 15.4. The molecule has 0 aliphatic carbocycles. The van der Waals surface area contributed by atoms with E-state index in [2.05, 4.69) is 61.1 Å². The first kappa shape index (κ1) is 20.6. The first-order valence-corrected chi connectivity index (χ1v) is 10.1. The maximum Gasteiger partial charge on any atom is 0.156 e. The fourth-order valence-electron chi connectivity index (χ4n) is 2.63. The topological polar surface area (TPSA) is 151 Å². The SMILES string of the molecule is Clc1c2ncnc1Nc1ncnc(c1Cl)Nc1ncnc(c1Cl)Nc1ncnc(c1Cl)N2. The fourth-order valence-corrected chi connectivity index (χ4v) is 3.39. The highest BCUT2D eigenvalue weighted by Gasteiger charge is 2.20. The molecule has 4 aromatic rings. The summed E-state index contributed by atoms with van der Waals surface area (Å²) in [7, 11) is 0. The lowest BCUT2D eigenvalue weighted by Crippen LogP contribution is -2.08. The highest BCUT2D eigenvalue weighted by molar-refractivity contribution is 6.38. The van der Waals surface area contributed by atoms with Crippen LogP contribution in [0.15, 0.2) is 25.3 Å². The standard InChI is InChI=1S/C16H8Cl4N12/c17-5-9-21-1-22-10(5)30-12-7(19)14(26-3-24-12)32-16-8(20)15(27-4-28-16)31-13-6(18)11(29-9)23-2-25-13/h1-4H,(H4,21,22,23,24,25,26,27,28,29,30,31,32). The monoisotopic (exact) mass is 508 g/mol. The Kier molecular flexibility index (Phi) is 5.35. The molecule has 0 atom stereocenters. The van der Waals surface area contributed by atoms with Crippen molar-refractivity contribution in [2.24, 2.45) is 0 Å². The molecule has 0 fully saturated rings. The van der Waals surface area contributed by atoms with Gasteiger partial charge in [-0.3, -0.25) is 0 Å². The predicted molar refractivity (Wildman–Crippen MR) is 121 cm³/mol. The summed E-state index contributed by atoms with van der Waals surface area (Å²) in [5.41, 5.74) is 0. The van der Waals surface area contributed by atoms with Gasteiger partial charge in [0.05, 0.1) is 0 Å². The highest BCUT2D eigenvalue weighted by Crippen LogP contribution is 2.38. The van der Waals surface area contributed by atoms with Crippen LogP contribution in [0.1, 0.15) is 0 Å². The molecule has 5 rings (SSSR count). The second kappa shape index (κ2) is 8.31. The van der Waals surface area contributed by atoms with E-state index in [0.717, 1.165) is 0 Å². The van der Waals surface area contributed by atoms with Gasteiger partial charge in [-0.05, 0) is 0 Å². The minimum atomic E-state index is 0.143. The van der Waals surface area contributed by atoms with Crippen LogP contribution in [-0.2, 0) is 0 Å². The lowest BCUT2D eigenvalue weighted by Gasteiger charge is -2.16. The Bertz CT molecular complexity index is 1060. The number of aromatic nitrogens is 8. The third kappa shape index (κ3) is 3.73. The Morgan fingerprint density at radius 1 is 0.344 bits per heavy atom. The van der Waals surface area contributed by atoms with Crippen molar-refractivity contribution in [2.75, 3.05) is 21.3 Å². The molecule has 0 aromatic carbocycles. The second-order valence-electron chi connectivity index (χ2n) is 6.04. The Morgan fingerprint density at radius 2 is 0.500 bits per heavy atom. The van der Waals surface area contributed by atoms with Crippen LogP contribution in [-0.4, -0.2) is 39.9 Å². The van der Waals surface area contributed by atoms with Crippen molar-refractivity contribution in [1.29, 1.82) is 0 Å². The molecular formula is C16H8Cl4N12. The summed E-state index contributed by atoms with van der Waals surface area (Å²) in [5, 5.41) is 12.4. The average Bonchev–Trinajstić information content (AvgIpc) is 2.78. The van der Waals surface area contributed by atoms with Gasteiger partial charge in [0.1, 0.15) is 45.4 Å². The van der Waals surface area contributed by atoms with Crippen molar-refractivity contribution in [3.63, 3.8) is 0 Å². The third-order valence-corrected chi connectivity index (χ3v) is 5.54. The van der Waals surface area contributed by atoms with Crippen LogP contribution in [0.3, 0.4) is 0 Å². The number of nitrogens with one attached hydrogen (secondary N) is 4. The summed E-state index contributed by atoms with van der Waals surface area (Å²) < 4.78 is 0. The van der Waals surface area contributed by atoms with Gasteiger partial charge in [-0.1, -0.05) is 46.4 Å². The lowest BCUT2D eigenvalue weighted by molar-refractivity contribution is 1.10. The van der Waals surface area contributed by atoms with E-state index in [1.165, 1.54) is 25.3 Å². The molecule has 1 aliphatic heterocycles. The number of hydrogen-bond donors (Lipinski definition) is 4. The molecule has 16 heteroatoms. The van der Waals surface area contributed by atoms with Crippen molar-refractivity contribution in [3.05, 3.63) is 45.4 Å². The van der Waals surface area contributed by atoms with Gasteiger partial charge < -0.3 is 21.3 Å². The summed E-state index contributed by atoms with van der Waals surface area (Å²) in [6.45, 7) is 0. The number of rotatable bonds is 0. The van der Waals surface area contributed by atoms with E-state index in [4.69, 9.17) is 46.4 Å².